The molecular formula is C8H11N5O4. The van der Waals surface area contributed by atoms with Gasteiger partial charge in [0.05, 0.1) is 11.5 Å². The normalized spacial score (nSPS) is 32.7. The van der Waals surface area contributed by atoms with E-state index < -0.39 is 28.6 Å². The monoisotopic (exact) mass is 241 g/mol. The van der Waals surface area contributed by atoms with Gasteiger partial charge in [0.25, 0.3) is 0 Å². The lowest BCUT2D eigenvalue weighted by Gasteiger charge is -2.42. The van der Waals surface area contributed by atoms with Gasteiger partial charge in [-0.05, 0) is 6.42 Å². The number of amides is 3. The van der Waals surface area contributed by atoms with Crippen LogP contribution in [0.4, 0.5) is 4.79 Å². The van der Waals surface area contributed by atoms with Crippen LogP contribution >= 0.6 is 0 Å². The van der Waals surface area contributed by atoms with Crippen LogP contribution in [0.2, 0.25) is 0 Å². The zero-order chi connectivity index (χ0) is 12.8. The molecule has 2 heterocycles. The lowest BCUT2D eigenvalue weighted by molar-refractivity contribution is -0.563. The maximum atomic E-state index is 12.0. The first-order valence-electron chi connectivity index (χ1n) is 5.01. The lowest BCUT2D eigenvalue weighted by Crippen LogP contribution is -2.72. The number of likely N-dealkylation sites (N-methyl/N-ethyl adjacent to an activating group) is 2. The number of carbonyl (C=O) groups excluding carboxylic acids is 2. The number of hydrogen-bond donors (Lipinski definition) is 0. The van der Waals surface area contributed by atoms with E-state index in [-0.39, 0.29) is 13.0 Å². The van der Waals surface area contributed by atoms with Gasteiger partial charge in [-0.3, -0.25) is 19.8 Å². The standard InChI is InChI=1S/C8H11N5O4/c1-11-5-3-4-9-10-8(5,13(16)17)6(14)12(2)7(11)15/h5H,3-4H2,1-2H3. The Morgan fingerprint density at radius 2 is 2.12 bits per heavy atom. The van der Waals surface area contributed by atoms with Gasteiger partial charge in [0.15, 0.2) is 0 Å². The minimum absolute atomic E-state index is 0.256. The highest BCUT2D eigenvalue weighted by Crippen LogP contribution is 2.34. The van der Waals surface area contributed by atoms with Crippen molar-refractivity contribution in [1.29, 1.82) is 0 Å². The van der Waals surface area contributed by atoms with Gasteiger partial charge in [0, 0.05) is 14.1 Å². The molecule has 9 nitrogen and oxygen atoms in total. The highest BCUT2D eigenvalue weighted by atomic mass is 16.6. The fourth-order valence-electron chi connectivity index (χ4n) is 2.19. The molecule has 0 radical (unpaired) electrons. The summed E-state index contributed by atoms with van der Waals surface area (Å²) in [5.41, 5.74) is -2.17. The molecule has 9 heteroatoms. The smallest absolute Gasteiger partial charge is 0.314 e. The van der Waals surface area contributed by atoms with Crippen molar-refractivity contribution in [2.75, 3.05) is 20.6 Å². The number of imide groups is 1. The van der Waals surface area contributed by atoms with Crippen LogP contribution in [0.15, 0.2) is 10.2 Å². The van der Waals surface area contributed by atoms with E-state index in [1.54, 1.807) is 0 Å². The molecule has 2 unspecified atom stereocenters. The third-order valence-corrected chi connectivity index (χ3v) is 3.14. The van der Waals surface area contributed by atoms with E-state index >= 15 is 0 Å². The summed E-state index contributed by atoms with van der Waals surface area (Å²) in [6.45, 7) is 0.273. The Morgan fingerprint density at radius 3 is 2.71 bits per heavy atom. The zero-order valence-electron chi connectivity index (χ0n) is 9.36. The fourth-order valence-corrected chi connectivity index (χ4v) is 2.19. The van der Waals surface area contributed by atoms with Crippen molar-refractivity contribution in [2.24, 2.45) is 10.2 Å². The molecule has 2 atom stereocenters. The van der Waals surface area contributed by atoms with Crippen molar-refractivity contribution in [3.63, 3.8) is 0 Å². The van der Waals surface area contributed by atoms with E-state index in [0.717, 1.165) is 0 Å². The van der Waals surface area contributed by atoms with Crippen LogP contribution in [0.25, 0.3) is 0 Å². The van der Waals surface area contributed by atoms with Gasteiger partial charge in [-0.2, -0.15) is 5.11 Å². The van der Waals surface area contributed by atoms with Crippen molar-refractivity contribution in [1.82, 2.24) is 9.80 Å². The summed E-state index contributed by atoms with van der Waals surface area (Å²) in [5.74, 6) is -0.931. The largest absolute Gasteiger partial charge is 0.427 e. The Bertz CT molecular complexity index is 436. The Morgan fingerprint density at radius 1 is 1.47 bits per heavy atom. The van der Waals surface area contributed by atoms with E-state index in [0.29, 0.717) is 4.90 Å². The van der Waals surface area contributed by atoms with Gasteiger partial charge in [-0.1, -0.05) is 0 Å². The van der Waals surface area contributed by atoms with Crippen molar-refractivity contribution in [3.05, 3.63) is 10.1 Å². The molecule has 2 rings (SSSR count). The summed E-state index contributed by atoms with van der Waals surface area (Å²) >= 11 is 0. The summed E-state index contributed by atoms with van der Waals surface area (Å²) < 4.78 is 0. The summed E-state index contributed by atoms with van der Waals surface area (Å²) in [4.78, 5) is 36.0. The highest BCUT2D eigenvalue weighted by molar-refractivity contribution is 6.01. The third-order valence-electron chi connectivity index (χ3n) is 3.14. The van der Waals surface area contributed by atoms with Crippen molar-refractivity contribution in [3.8, 4) is 0 Å². The van der Waals surface area contributed by atoms with E-state index in [2.05, 4.69) is 10.2 Å². The van der Waals surface area contributed by atoms with Crippen molar-refractivity contribution >= 4 is 11.9 Å². The number of urea groups is 1. The first-order chi connectivity index (χ1) is 7.93. The number of nitrogens with zero attached hydrogens (tertiary/aromatic N) is 5. The number of fused-ring (bicyclic) bond motifs is 1. The van der Waals surface area contributed by atoms with Crippen LogP contribution in [-0.2, 0) is 4.79 Å². The Balaban J connectivity index is 2.58. The summed E-state index contributed by atoms with van der Waals surface area (Å²) in [6, 6.07) is -1.43. The molecule has 0 aliphatic carbocycles. The molecule has 0 aromatic carbocycles. The Hall–Kier alpha value is -2.06. The summed E-state index contributed by atoms with van der Waals surface area (Å²) in [7, 11) is 2.63. The second kappa shape index (κ2) is 3.47. The van der Waals surface area contributed by atoms with E-state index in [1.807, 2.05) is 0 Å². The molecular weight excluding hydrogens is 230 g/mol. The maximum absolute atomic E-state index is 12.0. The van der Waals surface area contributed by atoms with Gasteiger partial charge >= 0.3 is 17.6 Å². The molecule has 0 spiro atoms. The van der Waals surface area contributed by atoms with Crippen LogP contribution in [0.1, 0.15) is 6.42 Å². The van der Waals surface area contributed by atoms with Gasteiger partial charge in [-0.25, -0.2) is 4.79 Å². The zero-order valence-corrected chi connectivity index (χ0v) is 9.36. The molecule has 0 aromatic heterocycles. The summed E-state index contributed by atoms with van der Waals surface area (Å²) in [5, 5.41) is 18.3. The third kappa shape index (κ3) is 1.25. The van der Waals surface area contributed by atoms with Crippen LogP contribution in [-0.4, -0.2) is 59.0 Å². The van der Waals surface area contributed by atoms with Gasteiger partial charge in [0.1, 0.15) is 6.04 Å². The molecule has 0 bridgehead atoms. The first-order valence-corrected chi connectivity index (χ1v) is 5.01. The molecule has 0 saturated carbocycles. The summed E-state index contributed by atoms with van der Waals surface area (Å²) in [6.07, 6.45) is 0.256. The minimum Gasteiger partial charge on any atom is -0.314 e. The predicted molar refractivity (Wildman–Crippen MR) is 53.8 cm³/mol. The average molecular weight is 241 g/mol. The molecule has 2 aliphatic rings. The van der Waals surface area contributed by atoms with Crippen LogP contribution < -0.4 is 0 Å². The van der Waals surface area contributed by atoms with E-state index in [9.17, 15) is 19.7 Å². The van der Waals surface area contributed by atoms with Crippen LogP contribution in [0.3, 0.4) is 0 Å². The fraction of sp³-hybridized carbons (Fsp3) is 0.750. The molecule has 1 fully saturated rings. The molecule has 0 aromatic rings. The second-order valence-corrected chi connectivity index (χ2v) is 4.01. The lowest BCUT2D eigenvalue weighted by atomic mass is 9.92. The van der Waals surface area contributed by atoms with E-state index in [1.165, 1.54) is 19.0 Å². The first kappa shape index (κ1) is 11.4. The van der Waals surface area contributed by atoms with Gasteiger partial charge in [0.2, 0.25) is 0 Å². The molecule has 17 heavy (non-hydrogen) atoms. The number of rotatable bonds is 1. The Labute approximate surface area is 96.2 Å². The van der Waals surface area contributed by atoms with Gasteiger partial charge in [-0.15, -0.1) is 5.11 Å². The maximum Gasteiger partial charge on any atom is 0.427 e. The number of nitro groups is 1. The van der Waals surface area contributed by atoms with Crippen molar-refractivity contribution < 1.29 is 14.5 Å². The topological polar surface area (TPSA) is 108 Å². The molecule has 2 aliphatic heterocycles. The average Bonchev–Trinajstić information content (AvgIpc) is 2.33. The predicted octanol–water partition coefficient (Wildman–Crippen LogP) is -0.292. The molecule has 1 saturated heterocycles. The SMILES string of the molecule is CN1C(=O)N(C)C2CCN=NC2([N+](=O)[O-])C1=O. The minimum atomic E-state index is -2.17. The number of carbonyl (C=O) groups is 2. The number of hydrogen-bond acceptors (Lipinski definition) is 6. The molecule has 3 amide bonds. The van der Waals surface area contributed by atoms with Crippen LogP contribution in [0.5, 0.6) is 0 Å². The van der Waals surface area contributed by atoms with E-state index in [4.69, 9.17) is 0 Å². The quantitative estimate of drug-likeness (QED) is 0.464. The van der Waals surface area contributed by atoms with Gasteiger partial charge < -0.3 is 4.90 Å². The highest BCUT2D eigenvalue weighted by Gasteiger charge is 2.67. The van der Waals surface area contributed by atoms with Crippen molar-refractivity contribution in [2.45, 2.75) is 18.1 Å². The second-order valence-electron chi connectivity index (χ2n) is 4.01. The van der Waals surface area contributed by atoms with Crippen LogP contribution in [0, 0.1) is 10.1 Å². The Kier molecular flexibility index (Phi) is 2.33. The molecule has 0 N–H and O–H groups in total. The number of azo groups is 1. The molecule has 92 valence electrons.